The molecular weight excluding hydrogens is 246 g/mol. The molecule has 0 unspecified atom stereocenters. The first kappa shape index (κ1) is 11.6. The van der Waals surface area contributed by atoms with Gasteiger partial charge in [-0.3, -0.25) is 9.59 Å². The van der Waals surface area contributed by atoms with E-state index in [2.05, 4.69) is 9.97 Å². The van der Waals surface area contributed by atoms with Gasteiger partial charge in [0.15, 0.2) is 0 Å². The maximum Gasteiger partial charge on any atom is 0.253 e. The van der Waals surface area contributed by atoms with Crippen LogP contribution < -0.4 is 26.4 Å². The SMILES string of the molecule is Nc1c(N2CCN(c3ncccn3)CC2)c(=O)c1=O. The van der Waals surface area contributed by atoms with Crippen molar-refractivity contribution in [2.24, 2.45) is 0 Å². The molecule has 2 aromatic rings. The molecule has 1 saturated heterocycles. The lowest BCUT2D eigenvalue weighted by Crippen LogP contribution is -2.52. The van der Waals surface area contributed by atoms with Gasteiger partial charge in [-0.15, -0.1) is 0 Å². The molecule has 0 saturated carbocycles. The van der Waals surface area contributed by atoms with Gasteiger partial charge in [-0.2, -0.15) is 0 Å². The Hall–Kier alpha value is -2.44. The Kier molecular flexibility index (Phi) is 2.66. The molecule has 0 atom stereocenters. The van der Waals surface area contributed by atoms with E-state index >= 15 is 0 Å². The van der Waals surface area contributed by atoms with E-state index in [0.29, 0.717) is 37.8 Å². The molecule has 2 heterocycles. The Morgan fingerprint density at radius 2 is 1.53 bits per heavy atom. The molecule has 1 aromatic carbocycles. The van der Waals surface area contributed by atoms with Crippen molar-refractivity contribution in [2.45, 2.75) is 0 Å². The summed E-state index contributed by atoms with van der Waals surface area (Å²) in [7, 11) is 0. The van der Waals surface area contributed by atoms with E-state index in [1.165, 1.54) is 0 Å². The zero-order chi connectivity index (χ0) is 13.4. The number of aromatic nitrogens is 2. The van der Waals surface area contributed by atoms with Crippen molar-refractivity contribution in [3.63, 3.8) is 0 Å². The van der Waals surface area contributed by atoms with E-state index in [9.17, 15) is 9.59 Å². The van der Waals surface area contributed by atoms with Crippen molar-refractivity contribution < 1.29 is 0 Å². The third-order valence-corrected chi connectivity index (χ3v) is 3.35. The Morgan fingerprint density at radius 3 is 2.11 bits per heavy atom. The number of hydrogen-bond donors (Lipinski definition) is 1. The minimum Gasteiger partial charge on any atom is -0.394 e. The first-order chi connectivity index (χ1) is 9.18. The summed E-state index contributed by atoms with van der Waals surface area (Å²) in [6.45, 7) is 2.66. The Bertz CT molecular complexity index is 654. The van der Waals surface area contributed by atoms with Crippen LogP contribution in [0.15, 0.2) is 28.0 Å². The van der Waals surface area contributed by atoms with E-state index in [4.69, 9.17) is 5.73 Å². The van der Waals surface area contributed by atoms with Crippen LogP contribution in [0, 0.1) is 0 Å². The van der Waals surface area contributed by atoms with Gasteiger partial charge < -0.3 is 15.5 Å². The Morgan fingerprint density at radius 1 is 0.947 bits per heavy atom. The minimum absolute atomic E-state index is 0.0920. The highest BCUT2D eigenvalue weighted by Crippen LogP contribution is 2.19. The largest absolute Gasteiger partial charge is 0.394 e. The van der Waals surface area contributed by atoms with Gasteiger partial charge in [-0.1, -0.05) is 0 Å². The van der Waals surface area contributed by atoms with E-state index in [-0.39, 0.29) is 5.69 Å². The molecule has 2 N–H and O–H groups in total. The first-order valence-electron chi connectivity index (χ1n) is 6.04. The molecule has 1 fully saturated rings. The van der Waals surface area contributed by atoms with Gasteiger partial charge in [-0.05, 0) is 6.07 Å². The fraction of sp³-hybridized carbons (Fsp3) is 0.333. The summed E-state index contributed by atoms with van der Waals surface area (Å²) in [6.07, 6.45) is 3.40. The van der Waals surface area contributed by atoms with Gasteiger partial charge in [0.05, 0.1) is 0 Å². The molecule has 19 heavy (non-hydrogen) atoms. The molecule has 1 aliphatic rings. The highest BCUT2D eigenvalue weighted by atomic mass is 16.2. The highest BCUT2D eigenvalue weighted by Gasteiger charge is 2.27. The van der Waals surface area contributed by atoms with Gasteiger partial charge >= 0.3 is 0 Å². The molecule has 0 spiro atoms. The summed E-state index contributed by atoms with van der Waals surface area (Å²) in [5.41, 5.74) is 4.99. The minimum atomic E-state index is -0.566. The summed E-state index contributed by atoms with van der Waals surface area (Å²) in [4.78, 5) is 34.8. The number of hydrogen-bond acceptors (Lipinski definition) is 7. The topological polar surface area (TPSA) is 92.4 Å². The molecule has 0 radical (unpaired) electrons. The van der Waals surface area contributed by atoms with Crippen LogP contribution in [0.25, 0.3) is 0 Å². The number of piperazine rings is 1. The maximum atomic E-state index is 11.5. The number of anilines is 3. The van der Waals surface area contributed by atoms with Crippen LogP contribution in [0.1, 0.15) is 0 Å². The number of nitrogens with zero attached hydrogens (tertiary/aromatic N) is 4. The Labute approximate surface area is 109 Å². The standard InChI is InChI=1S/C12H13N5O2/c13-8-9(11(19)10(8)18)16-4-6-17(7-5-16)12-14-2-1-3-15-12/h1-3H,4-7,13H2. The van der Waals surface area contributed by atoms with Gasteiger partial charge in [0, 0.05) is 38.6 Å². The predicted octanol–water partition coefficient (Wildman–Crippen LogP) is -1.02. The summed E-state index contributed by atoms with van der Waals surface area (Å²) >= 11 is 0. The lowest BCUT2D eigenvalue weighted by Gasteiger charge is -2.36. The van der Waals surface area contributed by atoms with Crippen LogP contribution in [0.4, 0.5) is 17.3 Å². The molecule has 7 heteroatoms. The number of nitrogen functional groups attached to an aromatic ring is 1. The van der Waals surface area contributed by atoms with E-state index in [1.54, 1.807) is 18.5 Å². The maximum absolute atomic E-state index is 11.5. The second kappa shape index (κ2) is 4.34. The van der Waals surface area contributed by atoms with Gasteiger partial charge in [0.25, 0.3) is 10.9 Å². The fourth-order valence-electron chi connectivity index (χ4n) is 2.30. The molecule has 0 bridgehead atoms. The van der Waals surface area contributed by atoms with E-state index in [1.807, 2.05) is 9.80 Å². The molecule has 0 amide bonds. The average Bonchev–Trinajstić information content (AvgIpc) is 2.49. The summed E-state index contributed by atoms with van der Waals surface area (Å²) in [6, 6.07) is 1.77. The van der Waals surface area contributed by atoms with Crippen molar-refractivity contribution in [3.8, 4) is 0 Å². The van der Waals surface area contributed by atoms with Crippen LogP contribution in [-0.4, -0.2) is 36.1 Å². The Balaban J connectivity index is 1.71. The lowest BCUT2D eigenvalue weighted by molar-refractivity contribution is 0.638. The molecule has 1 aromatic heterocycles. The van der Waals surface area contributed by atoms with Crippen LogP contribution >= 0.6 is 0 Å². The zero-order valence-electron chi connectivity index (χ0n) is 10.2. The van der Waals surface area contributed by atoms with Crippen molar-refractivity contribution in [2.75, 3.05) is 41.7 Å². The van der Waals surface area contributed by atoms with Crippen molar-refractivity contribution in [1.29, 1.82) is 0 Å². The van der Waals surface area contributed by atoms with Crippen LogP contribution in [0.5, 0.6) is 0 Å². The zero-order valence-corrected chi connectivity index (χ0v) is 10.2. The second-order valence-corrected chi connectivity index (χ2v) is 4.44. The smallest absolute Gasteiger partial charge is 0.253 e. The third kappa shape index (κ3) is 1.83. The van der Waals surface area contributed by atoms with Gasteiger partial charge in [-0.25, -0.2) is 9.97 Å². The van der Waals surface area contributed by atoms with Crippen molar-refractivity contribution >= 4 is 17.3 Å². The quantitative estimate of drug-likeness (QED) is 0.690. The first-order valence-corrected chi connectivity index (χ1v) is 6.04. The molecule has 1 aliphatic heterocycles. The fourth-order valence-corrected chi connectivity index (χ4v) is 2.30. The van der Waals surface area contributed by atoms with E-state index in [0.717, 1.165) is 0 Å². The van der Waals surface area contributed by atoms with Crippen LogP contribution in [0.2, 0.25) is 0 Å². The molecular formula is C12H13N5O2. The summed E-state index contributed by atoms with van der Waals surface area (Å²) < 4.78 is 0. The van der Waals surface area contributed by atoms with Crippen molar-refractivity contribution in [3.05, 3.63) is 38.9 Å². The second-order valence-electron chi connectivity index (χ2n) is 4.44. The normalized spacial score (nSPS) is 16.0. The third-order valence-electron chi connectivity index (χ3n) is 3.35. The average molecular weight is 259 g/mol. The van der Waals surface area contributed by atoms with Crippen LogP contribution in [0.3, 0.4) is 0 Å². The predicted molar refractivity (Wildman–Crippen MR) is 72.2 cm³/mol. The van der Waals surface area contributed by atoms with Crippen LogP contribution in [-0.2, 0) is 0 Å². The number of nitrogens with two attached hydrogens (primary N) is 1. The lowest BCUT2D eigenvalue weighted by atomic mass is 10.1. The highest BCUT2D eigenvalue weighted by molar-refractivity contribution is 5.73. The van der Waals surface area contributed by atoms with Gasteiger partial charge in [0.2, 0.25) is 5.95 Å². The molecule has 0 aliphatic carbocycles. The van der Waals surface area contributed by atoms with Gasteiger partial charge in [0.1, 0.15) is 11.4 Å². The molecule has 7 nitrogen and oxygen atoms in total. The summed E-state index contributed by atoms with van der Waals surface area (Å²) in [5, 5.41) is 0. The summed E-state index contributed by atoms with van der Waals surface area (Å²) in [5.74, 6) is 0.681. The monoisotopic (exact) mass is 259 g/mol. The molecule has 3 rings (SSSR count). The van der Waals surface area contributed by atoms with Crippen molar-refractivity contribution in [1.82, 2.24) is 9.97 Å². The molecule has 98 valence electrons. The number of rotatable bonds is 2. The van der Waals surface area contributed by atoms with E-state index < -0.39 is 10.9 Å².